The van der Waals surface area contributed by atoms with Gasteiger partial charge in [-0.15, -0.1) is 0 Å². The van der Waals surface area contributed by atoms with E-state index in [4.69, 9.17) is 5.73 Å². The summed E-state index contributed by atoms with van der Waals surface area (Å²) in [4.78, 5) is 12.1. The van der Waals surface area contributed by atoms with Crippen LogP contribution in [0.3, 0.4) is 0 Å². The lowest BCUT2D eigenvalue weighted by molar-refractivity contribution is -0.137. The standard InChI is InChI=1S/C22H27F3N4O2/c1-28-18(30)12-29(21(28)31)11-14-4-6-15(7-5-14)16-8-9-17(27-10-13-2-3-13)20(26)19(16)22(23,24)25/h6,8-9,12-14,27,30H,2-5,7,10-11,26H2,1H3. The number of rotatable bonds is 6. The maximum Gasteiger partial charge on any atom is 0.419 e. The molecule has 0 radical (unpaired) electrons. The fraction of sp³-hybridized carbons (Fsp3) is 0.500. The predicted octanol–water partition coefficient (Wildman–Crippen LogP) is 4.20. The summed E-state index contributed by atoms with van der Waals surface area (Å²) in [5.74, 6) is 0.512. The molecule has 9 heteroatoms. The molecule has 1 aromatic carbocycles. The van der Waals surface area contributed by atoms with Crippen LogP contribution >= 0.6 is 0 Å². The van der Waals surface area contributed by atoms with E-state index in [0.717, 1.165) is 17.4 Å². The number of allylic oxidation sites excluding steroid dienone is 2. The quantitative estimate of drug-likeness (QED) is 0.593. The molecule has 0 aliphatic heterocycles. The zero-order valence-corrected chi connectivity index (χ0v) is 17.4. The summed E-state index contributed by atoms with van der Waals surface area (Å²) >= 11 is 0. The second kappa shape index (κ2) is 8.01. The molecule has 0 spiro atoms. The van der Waals surface area contributed by atoms with Gasteiger partial charge in [-0.1, -0.05) is 12.1 Å². The topological polar surface area (TPSA) is 85.2 Å². The van der Waals surface area contributed by atoms with Crippen molar-refractivity contribution in [3.63, 3.8) is 0 Å². The molecule has 1 heterocycles. The summed E-state index contributed by atoms with van der Waals surface area (Å²) in [5.41, 5.74) is 5.74. The third kappa shape index (κ3) is 4.45. The Morgan fingerprint density at radius 1 is 1.23 bits per heavy atom. The van der Waals surface area contributed by atoms with Gasteiger partial charge in [0.25, 0.3) is 0 Å². The number of halogens is 3. The number of nitrogens with two attached hydrogens (primary N) is 1. The van der Waals surface area contributed by atoms with Gasteiger partial charge < -0.3 is 16.2 Å². The van der Waals surface area contributed by atoms with E-state index in [1.165, 1.54) is 23.9 Å². The second-order valence-electron chi connectivity index (χ2n) is 8.62. The predicted molar refractivity (Wildman–Crippen MR) is 114 cm³/mol. The highest BCUT2D eigenvalue weighted by molar-refractivity contribution is 5.81. The van der Waals surface area contributed by atoms with Crippen molar-refractivity contribution >= 4 is 16.9 Å². The molecule has 168 valence electrons. The minimum atomic E-state index is -4.55. The van der Waals surface area contributed by atoms with E-state index in [1.54, 1.807) is 6.07 Å². The summed E-state index contributed by atoms with van der Waals surface area (Å²) < 4.78 is 44.3. The Labute approximate surface area is 178 Å². The molecule has 1 fully saturated rings. The van der Waals surface area contributed by atoms with Crippen molar-refractivity contribution in [2.75, 3.05) is 17.6 Å². The summed E-state index contributed by atoms with van der Waals surface area (Å²) in [6.45, 7) is 1.05. The monoisotopic (exact) mass is 436 g/mol. The van der Waals surface area contributed by atoms with Gasteiger partial charge in [0.2, 0.25) is 5.88 Å². The van der Waals surface area contributed by atoms with Gasteiger partial charge in [0.15, 0.2) is 0 Å². The molecule has 1 aromatic heterocycles. The number of hydrogen-bond acceptors (Lipinski definition) is 4. The molecule has 0 bridgehead atoms. The van der Waals surface area contributed by atoms with Crippen molar-refractivity contribution in [1.29, 1.82) is 0 Å². The number of nitrogens with zero attached hydrogens (tertiary/aromatic N) is 2. The van der Waals surface area contributed by atoms with E-state index in [1.807, 2.05) is 6.08 Å². The Bertz CT molecular complexity index is 1060. The van der Waals surface area contributed by atoms with Gasteiger partial charge >= 0.3 is 11.9 Å². The Hall–Kier alpha value is -2.84. The lowest BCUT2D eigenvalue weighted by Crippen LogP contribution is -2.25. The first-order valence-electron chi connectivity index (χ1n) is 10.5. The van der Waals surface area contributed by atoms with Gasteiger partial charge in [0.1, 0.15) is 0 Å². The molecule has 0 saturated heterocycles. The van der Waals surface area contributed by atoms with Crippen molar-refractivity contribution in [1.82, 2.24) is 9.13 Å². The third-order valence-corrected chi connectivity index (χ3v) is 6.28. The minimum Gasteiger partial charge on any atom is -0.493 e. The fourth-order valence-electron chi connectivity index (χ4n) is 4.20. The van der Waals surface area contributed by atoms with Crippen molar-refractivity contribution < 1.29 is 18.3 Å². The number of nitrogen functional groups attached to an aromatic ring is 1. The zero-order valence-electron chi connectivity index (χ0n) is 17.4. The minimum absolute atomic E-state index is 0.106. The highest BCUT2D eigenvalue weighted by atomic mass is 19.4. The molecule has 2 aliphatic rings. The van der Waals surface area contributed by atoms with Crippen LogP contribution < -0.4 is 16.7 Å². The first-order valence-corrected chi connectivity index (χ1v) is 10.5. The summed E-state index contributed by atoms with van der Waals surface area (Å²) in [5, 5.41) is 12.7. The first kappa shape index (κ1) is 21.4. The third-order valence-electron chi connectivity index (χ3n) is 6.28. The van der Waals surface area contributed by atoms with Gasteiger partial charge in [-0.2, -0.15) is 13.2 Å². The number of hydrogen-bond donors (Lipinski definition) is 3. The van der Waals surface area contributed by atoms with Crippen LogP contribution in [0.15, 0.2) is 29.2 Å². The Morgan fingerprint density at radius 2 is 1.97 bits per heavy atom. The van der Waals surface area contributed by atoms with Crippen LogP contribution in [0.1, 0.15) is 43.2 Å². The molecule has 6 nitrogen and oxygen atoms in total. The number of anilines is 2. The molecule has 4 rings (SSSR count). The fourth-order valence-corrected chi connectivity index (χ4v) is 4.20. The number of benzene rings is 1. The van der Waals surface area contributed by atoms with E-state index in [-0.39, 0.29) is 28.7 Å². The highest BCUT2D eigenvalue weighted by Gasteiger charge is 2.38. The van der Waals surface area contributed by atoms with Crippen LogP contribution in [0.2, 0.25) is 0 Å². The molecular formula is C22H27F3N4O2. The van der Waals surface area contributed by atoms with Crippen molar-refractivity contribution in [3.05, 3.63) is 46.0 Å². The van der Waals surface area contributed by atoms with E-state index in [9.17, 15) is 23.1 Å². The summed E-state index contributed by atoms with van der Waals surface area (Å²) in [7, 11) is 1.49. The Morgan fingerprint density at radius 3 is 2.52 bits per heavy atom. The number of imidazole rings is 1. The average Bonchev–Trinajstić information content (AvgIpc) is 3.51. The first-order chi connectivity index (χ1) is 14.6. The second-order valence-corrected chi connectivity index (χ2v) is 8.62. The molecule has 2 aromatic rings. The van der Waals surface area contributed by atoms with Gasteiger partial charge in [0, 0.05) is 20.1 Å². The molecule has 1 unspecified atom stereocenters. The highest BCUT2D eigenvalue weighted by Crippen LogP contribution is 2.44. The Kier molecular flexibility index (Phi) is 5.53. The van der Waals surface area contributed by atoms with E-state index in [2.05, 4.69) is 5.32 Å². The molecule has 2 aliphatic carbocycles. The molecule has 4 N–H and O–H groups in total. The maximum absolute atomic E-state index is 13.9. The normalized spacial score (nSPS) is 19.4. The number of aromatic nitrogens is 2. The van der Waals surface area contributed by atoms with Gasteiger partial charge in [-0.05, 0) is 61.1 Å². The van der Waals surface area contributed by atoms with Crippen LogP contribution in [0, 0.1) is 11.8 Å². The maximum atomic E-state index is 13.9. The number of aromatic hydroxyl groups is 1. The largest absolute Gasteiger partial charge is 0.493 e. The van der Waals surface area contributed by atoms with Crippen molar-refractivity contribution in [2.45, 2.75) is 44.8 Å². The molecule has 31 heavy (non-hydrogen) atoms. The van der Waals surface area contributed by atoms with Crippen LogP contribution in [-0.4, -0.2) is 20.8 Å². The van der Waals surface area contributed by atoms with Gasteiger partial charge in [0.05, 0.1) is 23.1 Å². The number of alkyl halides is 3. The molecule has 1 atom stereocenters. The van der Waals surface area contributed by atoms with Crippen molar-refractivity contribution in [2.24, 2.45) is 18.9 Å². The summed E-state index contributed by atoms with van der Waals surface area (Å²) in [6.07, 6.45) is 2.52. The van der Waals surface area contributed by atoms with E-state index >= 15 is 0 Å². The summed E-state index contributed by atoms with van der Waals surface area (Å²) in [6, 6.07) is 3.15. The van der Waals surface area contributed by atoms with Crippen LogP contribution in [0.25, 0.3) is 5.57 Å². The van der Waals surface area contributed by atoms with Crippen LogP contribution in [-0.2, 0) is 19.8 Å². The molecule has 1 saturated carbocycles. The smallest absolute Gasteiger partial charge is 0.419 e. The van der Waals surface area contributed by atoms with Crippen LogP contribution in [0.4, 0.5) is 24.5 Å². The Balaban J connectivity index is 1.55. The van der Waals surface area contributed by atoms with Crippen molar-refractivity contribution in [3.8, 4) is 5.88 Å². The molecular weight excluding hydrogens is 409 g/mol. The van der Waals surface area contributed by atoms with Gasteiger partial charge in [-0.25, -0.2) is 4.79 Å². The van der Waals surface area contributed by atoms with E-state index in [0.29, 0.717) is 49.5 Å². The number of nitrogens with one attached hydrogen (secondary N) is 1. The molecule has 0 amide bonds. The van der Waals surface area contributed by atoms with Crippen LogP contribution in [0.5, 0.6) is 5.88 Å². The average molecular weight is 436 g/mol. The SMILES string of the molecule is Cn1c(O)cn(CC2CC=C(c3ccc(NCC4CC4)c(N)c3C(F)(F)F)CC2)c1=O. The van der Waals surface area contributed by atoms with Gasteiger partial charge in [-0.3, -0.25) is 9.13 Å². The zero-order chi connectivity index (χ0) is 22.3. The van der Waals surface area contributed by atoms with E-state index < -0.39 is 11.7 Å². The lowest BCUT2D eigenvalue weighted by atomic mass is 9.84. The lowest BCUT2D eigenvalue weighted by Gasteiger charge is -2.25.